The predicted molar refractivity (Wildman–Crippen MR) is 107 cm³/mol. The molecule has 0 N–H and O–H groups in total. The summed E-state index contributed by atoms with van der Waals surface area (Å²) in [5.41, 5.74) is 3.33. The van der Waals surface area contributed by atoms with Crippen molar-refractivity contribution in [1.29, 1.82) is 0 Å². The van der Waals surface area contributed by atoms with E-state index < -0.39 is 0 Å². The average Bonchev–Trinajstić information content (AvgIpc) is 3.16. The van der Waals surface area contributed by atoms with Crippen molar-refractivity contribution in [3.05, 3.63) is 70.2 Å². The number of pyridine rings is 1. The number of methoxy groups -OCH3 is 1. The van der Waals surface area contributed by atoms with Crippen LogP contribution in [0.2, 0.25) is 0 Å². The maximum atomic E-state index is 12.8. The number of nitrogens with zero attached hydrogens (tertiary/aromatic N) is 4. The van der Waals surface area contributed by atoms with Crippen molar-refractivity contribution in [3.8, 4) is 11.1 Å². The zero-order valence-electron chi connectivity index (χ0n) is 16.5. The second kappa shape index (κ2) is 7.57. The van der Waals surface area contributed by atoms with E-state index in [1.807, 2.05) is 22.8 Å². The monoisotopic (exact) mass is 392 g/mol. The number of benzene rings is 1. The molecule has 2 aromatic heterocycles. The lowest BCUT2D eigenvalue weighted by Crippen LogP contribution is -2.46. The molecular weight excluding hydrogens is 368 g/mol. The molecule has 5 rings (SSSR count). The van der Waals surface area contributed by atoms with Gasteiger partial charge in [0.1, 0.15) is 6.61 Å². The van der Waals surface area contributed by atoms with Gasteiger partial charge >= 0.3 is 0 Å². The van der Waals surface area contributed by atoms with Crippen molar-refractivity contribution >= 4 is 0 Å². The third kappa shape index (κ3) is 3.63. The fourth-order valence-corrected chi connectivity index (χ4v) is 4.72. The van der Waals surface area contributed by atoms with Crippen LogP contribution in [0.25, 0.3) is 11.1 Å². The zero-order valence-corrected chi connectivity index (χ0v) is 16.5. The second-order valence-electron chi connectivity index (χ2n) is 8.01. The van der Waals surface area contributed by atoms with E-state index in [0.29, 0.717) is 36.7 Å². The van der Waals surface area contributed by atoms with Gasteiger partial charge in [-0.3, -0.25) is 9.69 Å². The summed E-state index contributed by atoms with van der Waals surface area (Å²) in [6, 6.07) is 14.1. The fraction of sp³-hybridized carbons (Fsp3) is 0.409. The number of hydrogen-bond donors (Lipinski definition) is 0. The number of ether oxygens (including phenoxy) is 1. The zero-order chi connectivity index (χ0) is 19.8. The van der Waals surface area contributed by atoms with Crippen molar-refractivity contribution in [2.75, 3.05) is 20.2 Å². The highest BCUT2D eigenvalue weighted by Gasteiger charge is 2.35. The van der Waals surface area contributed by atoms with Gasteiger partial charge in [0.25, 0.3) is 5.56 Å². The first kappa shape index (κ1) is 18.3. The summed E-state index contributed by atoms with van der Waals surface area (Å²) < 4.78 is 12.4. The molecule has 0 unspecified atom stereocenters. The summed E-state index contributed by atoms with van der Waals surface area (Å²) >= 11 is 0. The predicted octanol–water partition coefficient (Wildman–Crippen LogP) is 2.66. The number of piperidine rings is 1. The topological polar surface area (TPSA) is 73.4 Å². The van der Waals surface area contributed by atoms with Crippen molar-refractivity contribution in [2.24, 2.45) is 5.92 Å². The average molecular weight is 392 g/mol. The van der Waals surface area contributed by atoms with Gasteiger partial charge in [0.15, 0.2) is 5.82 Å². The molecular formula is C22H24N4O3. The summed E-state index contributed by atoms with van der Waals surface area (Å²) in [5.74, 6) is 1.99. The van der Waals surface area contributed by atoms with E-state index in [2.05, 4.69) is 33.2 Å². The van der Waals surface area contributed by atoms with Gasteiger partial charge in [-0.15, -0.1) is 0 Å². The standard InChI is InChI=1S/C22H24N4O3/c1-28-14-20-23-21(29-24-20)13-25-10-15-7-18(12-25)19-8-17(9-22(27)26(19)11-15)16-5-3-2-4-6-16/h2-6,8-9,15,18H,7,10-14H2,1H3/t15-,18+/m0/s1. The van der Waals surface area contributed by atoms with Crippen LogP contribution in [0.1, 0.15) is 29.7 Å². The molecule has 0 spiro atoms. The quantitative estimate of drug-likeness (QED) is 0.665. The van der Waals surface area contributed by atoms with E-state index in [0.717, 1.165) is 42.9 Å². The summed E-state index contributed by atoms with van der Waals surface area (Å²) in [6.45, 7) is 3.58. The molecule has 2 atom stereocenters. The summed E-state index contributed by atoms with van der Waals surface area (Å²) in [7, 11) is 1.62. The van der Waals surface area contributed by atoms with Crippen LogP contribution in [0.3, 0.4) is 0 Å². The van der Waals surface area contributed by atoms with Crippen LogP contribution in [-0.4, -0.2) is 39.8 Å². The first-order valence-corrected chi connectivity index (χ1v) is 10.0. The molecule has 0 radical (unpaired) electrons. The molecule has 7 nitrogen and oxygen atoms in total. The summed E-state index contributed by atoms with van der Waals surface area (Å²) in [5, 5.41) is 3.95. The van der Waals surface area contributed by atoms with Gasteiger partial charge in [0, 0.05) is 44.4 Å². The minimum absolute atomic E-state index is 0.102. The number of aromatic nitrogens is 3. The first-order chi connectivity index (χ1) is 14.2. The third-order valence-corrected chi connectivity index (χ3v) is 5.88. The van der Waals surface area contributed by atoms with Crippen LogP contribution in [0.4, 0.5) is 0 Å². The molecule has 29 heavy (non-hydrogen) atoms. The van der Waals surface area contributed by atoms with Gasteiger partial charge in [-0.05, 0) is 29.5 Å². The Labute approximate surface area is 168 Å². The summed E-state index contributed by atoms with van der Waals surface area (Å²) in [6.07, 6.45) is 1.12. The van der Waals surface area contributed by atoms with Crippen LogP contribution in [0.5, 0.6) is 0 Å². The normalized spacial score (nSPS) is 21.1. The lowest BCUT2D eigenvalue weighted by atomic mass is 9.82. The molecule has 4 heterocycles. The summed E-state index contributed by atoms with van der Waals surface area (Å²) in [4.78, 5) is 19.6. The molecule has 0 saturated carbocycles. The molecule has 1 aromatic carbocycles. The van der Waals surface area contributed by atoms with E-state index in [-0.39, 0.29) is 5.56 Å². The van der Waals surface area contributed by atoms with Crippen LogP contribution >= 0.6 is 0 Å². The second-order valence-corrected chi connectivity index (χ2v) is 8.01. The third-order valence-electron chi connectivity index (χ3n) is 5.88. The van der Waals surface area contributed by atoms with Crippen molar-refractivity contribution in [1.82, 2.24) is 19.6 Å². The van der Waals surface area contributed by atoms with E-state index >= 15 is 0 Å². The van der Waals surface area contributed by atoms with Crippen LogP contribution < -0.4 is 5.56 Å². The lowest BCUT2D eigenvalue weighted by Gasteiger charge is -2.42. The molecule has 1 saturated heterocycles. The van der Waals surface area contributed by atoms with Gasteiger partial charge in [0.2, 0.25) is 5.89 Å². The highest BCUT2D eigenvalue weighted by atomic mass is 16.5. The fourth-order valence-electron chi connectivity index (χ4n) is 4.72. The number of fused-ring (bicyclic) bond motifs is 4. The Balaban J connectivity index is 1.40. The van der Waals surface area contributed by atoms with Crippen LogP contribution in [0, 0.1) is 5.92 Å². The van der Waals surface area contributed by atoms with Crippen LogP contribution in [0.15, 0.2) is 51.8 Å². The lowest BCUT2D eigenvalue weighted by molar-refractivity contribution is 0.104. The largest absolute Gasteiger partial charge is 0.377 e. The number of rotatable bonds is 5. The smallest absolute Gasteiger partial charge is 0.251 e. The van der Waals surface area contributed by atoms with Gasteiger partial charge in [-0.1, -0.05) is 35.5 Å². The Hall–Kier alpha value is -2.77. The highest BCUT2D eigenvalue weighted by molar-refractivity contribution is 5.63. The SMILES string of the molecule is COCc1noc(CN2C[C@@H]3C[C@H](C2)c2cc(-c4ccccc4)cc(=O)n2C3)n1. The maximum absolute atomic E-state index is 12.8. The highest BCUT2D eigenvalue weighted by Crippen LogP contribution is 2.36. The van der Waals surface area contributed by atoms with Gasteiger partial charge in [-0.2, -0.15) is 4.98 Å². The van der Waals surface area contributed by atoms with E-state index in [4.69, 9.17) is 9.26 Å². The molecule has 2 aliphatic rings. The molecule has 2 bridgehead atoms. The minimum atomic E-state index is 0.102. The van der Waals surface area contributed by atoms with Crippen molar-refractivity contribution in [3.63, 3.8) is 0 Å². The molecule has 0 aliphatic carbocycles. The number of hydrogen-bond acceptors (Lipinski definition) is 6. The Morgan fingerprint density at radius 3 is 2.83 bits per heavy atom. The van der Waals surface area contributed by atoms with E-state index in [9.17, 15) is 4.79 Å². The van der Waals surface area contributed by atoms with Gasteiger partial charge in [0.05, 0.1) is 6.54 Å². The van der Waals surface area contributed by atoms with Crippen LogP contribution in [-0.2, 0) is 24.4 Å². The van der Waals surface area contributed by atoms with E-state index in [1.165, 1.54) is 0 Å². The molecule has 1 fully saturated rings. The molecule has 3 aromatic rings. The van der Waals surface area contributed by atoms with Crippen molar-refractivity contribution < 1.29 is 9.26 Å². The molecule has 2 aliphatic heterocycles. The Morgan fingerprint density at radius 2 is 2.00 bits per heavy atom. The van der Waals surface area contributed by atoms with Crippen molar-refractivity contribution in [2.45, 2.75) is 32.0 Å². The first-order valence-electron chi connectivity index (χ1n) is 10.0. The van der Waals surface area contributed by atoms with E-state index in [1.54, 1.807) is 13.2 Å². The molecule has 150 valence electrons. The van der Waals surface area contributed by atoms with Gasteiger partial charge in [-0.25, -0.2) is 0 Å². The minimum Gasteiger partial charge on any atom is -0.377 e. The Morgan fingerprint density at radius 1 is 1.14 bits per heavy atom. The number of likely N-dealkylation sites (tertiary alicyclic amines) is 1. The van der Waals surface area contributed by atoms with Gasteiger partial charge < -0.3 is 13.8 Å². The Kier molecular flexibility index (Phi) is 4.77. The Bertz CT molecular complexity index is 1060. The maximum Gasteiger partial charge on any atom is 0.251 e. The molecule has 7 heteroatoms. The molecule has 0 amide bonds.